The van der Waals surface area contributed by atoms with Crippen LogP contribution < -0.4 is 0 Å². The molecule has 0 spiro atoms. The van der Waals surface area contributed by atoms with E-state index < -0.39 is 5.97 Å². The van der Waals surface area contributed by atoms with E-state index in [2.05, 4.69) is 0 Å². The summed E-state index contributed by atoms with van der Waals surface area (Å²) in [5, 5.41) is 9.24. The molecule has 1 N–H and O–H groups in total. The van der Waals surface area contributed by atoms with Gasteiger partial charge in [0.2, 0.25) is 0 Å². The molecule has 0 atom stereocenters. The van der Waals surface area contributed by atoms with Crippen LogP contribution in [0.25, 0.3) is 11.6 Å². The second-order valence-corrected chi connectivity index (χ2v) is 3.69. The molecular formula is C14H12O3. The van der Waals surface area contributed by atoms with Crippen LogP contribution in [0.15, 0.2) is 47.1 Å². The van der Waals surface area contributed by atoms with E-state index in [9.17, 15) is 9.90 Å². The zero-order chi connectivity index (χ0) is 12.3. The summed E-state index contributed by atoms with van der Waals surface area (Å²) in [7, 11) is 0. The number of rotatable bonds is 3. The van der Waals surface area contributed by atoms with Crippen molar-refractivity contribution in [3.05, 3.63) is 59.5 Å². The number of hydrogen-bond donors (Lipinski definition) is 1. The van der Waals surface area contributed by atoms with Crippen molar-refractivity contribution in [2.24, 2.45) is 0 Å². The van der Waals surface area contributed by atoms with E-state index >= 15 is 0 Å². The third-order valence-electron chi connectivity index (χ3n) is 2.50. The normalized spacial score (nSPS) is 11.5. The molecule has 3 heteroatoms. The minimum atomic E-state index is -0.962. The third kappa shape index (κ3) is 2.45. The molecular weight excluding hydrogens is 216 g/mol. The molecule has 1 aromatic heterocycles. The highest BCUT2D eigenvalue weighted by atomic mass is 16.4. The van der Waals surface area contributed by atoms with Crippen molar-refractivity contribution in [2.45, 2.75) is 6.92 Å². The molecule has 17 heavy (non-hydrogen) atoms. The number of carboxylic acid groups (broad SMARTS) is 1. The number of hydrogen-bond acceptors (Lipinski definition) is 2. The molecule has 86 valence electrons. The Bertz CT molecular complexity index is 551. The highest BCUT2D eigenvalue weighted by Gasteiger charge is 2.12. The summed E-state index contributed by atoms with van der Waals surface area (Å²) in [6.07, 6.45) is 3.05. The van der Waals surface area contributed by atoms with Gasteiger partial charge >= 0.3 is 5.97 Å². The number of aryl methyl sites for hydroxylation is 1. The predicted molar refractivity (Wildman–Crippen MR) is 65.4 cm³/mol. The number of furan rings is 1. The van der Waals surface area contributed by atoms with Gasteiger partial charge in [-0.25, -0.2) is 4.79 Å². The van der Waals surface area contributed by atoms with E-state index in [0.717, 1.165) is 5.56 Å². The van der Waals surface area contributed by atoms with Crippen LogP contribution in [0.5, 0.6) is 0 Å². The van der Waals surface area contributed by atoms with Gasteiger partial charge in [0.05, 0.1) is 11.8 Å². The first-order chi connectivity index (χ1) is 8.18. The Morgan fingerprint density at radius 3 is 2.59 bits per heavy atom. The molecule has 0 saturated heterocycles. The minimum Gasteiger partial charge on any atom is -0.478 e. The standard InChI is InChI=1S/C14H12O3/c1-10-5-2-3-7-12(10)13(14(15)16)9-11-6-4-8-17-11/h2-9H,1H3,(H,15,16)/b13-9+. The van der Waals surface area contributed by atoms with Crippen LogP contribution in [0, 0.1) is 6.92 Å². The summed E-state index contributed by atoms with van der Waals surface area (Å²) in [6, 6.07) is 10.8. The minimum absolute atomic E-state index is 0.234. The zero-order valence-electron chi connectivity index (χ0n) is 9.38. The second kappa shape index (κ2) is 4.70. The van der Waals surface area contributed by atoms with Crippen molar-refractivity contribution in [1.29, 1.82) is 0 Å². The number of carboxylic acids is 1. The molecule has 0 aliphatic heterocycles. The molecule has 0 bridgehead atoms. The van der Waals surface area contributed by atoms with Crippen LogP contribution in [-0.4, -0.2) is 11.1 Å². The highest BCUT2D eigenvalue weighted by molar-refractivity contribution is 6.20. The Kier molecular flexibility index (Phi) is 3.10. The lowest BCUT2D eigenvalue weighted by atomic mass is 10.00. The molecule has 0 radical (unpaired) electrons. The highest BCUT2D eigenvalue weighted by Crippen LogP contribution is 2.21. The van der Waals surface area contributed by atoms with E-state index in [1.807, 2.05) is 25.1 Å². The summed E-state index contributed by atoms with van der Waals surface area (Å²) < 4.78 is 5.14. The third-order valence-corrected chi connectivity index (χ3v) is 2.50. The average Bonchev–Trinajstić information content (AvgIpc) is 2.79. The smallest absolute Gasteiger partial charge is 0.336 e. The van der Waals surface area contributed by atoms with Gasteiger partial charge in [-0.2, -0.15) is 0 Å². The van der Waals surface area contributed by atoms with Gasteiger partial charge in [-0.1, -0.05) is 24.3 Å². The van der Waals surface area contributed by atoms with Gasteiger partial charge in [0.15, 0.2) is 0 Å². The van der Waals surface area contributed by atoms with Crippen LogP contribution in [0.3, 0.4) is 0 Å². The van der Waals surface area contributed by atoms with Crippen molar-refractivity contribution in [3.63, 3.8) is 0 Å². The summed E-state index contributed by atoms with van der Waals surface area (Å²) in [5.74, 6) is -0.429. The second-order valence-electron chi connectivity index (χ2n) is 3.69. The summed E-state index contributed by atoms with van der Waals surface area (Å²) in [4.78, 5) is 11.3. The van der Waals surface area contributed by atoms with Gasteiger partial charge in [0.1, 0.15) is 5.76 Å². The van der Waals surface area contributed by atoms with Gasteiger partial charge in [-0.05, 0) is 36.3 Å². The van der Waals surface area contributed by atoms with Gasteiger partial charge in [-0.15, -0.1) is 0 Å². The van der Waals surface area contributed by atoms with Crippen LogP contribution in [0.2, 0.25) is 0 Å². The maximum atomic E-state index is 11.3. The van der Waals surface area contributed by atoms with E-state index in [1.165, 1.54) is 12.3 Å². The molecule has 0 aliphatic carbocycles. The Morgan fingerprint density at radius 1 is 1.24 bits per heavy atom. The number of benzene rings is 1. The first kappa shape index (κ1) is 11.2. The Hall–Kier alpha value is -2.29. The maximum Gasteiger partial charge on any atom is 0.336 e. The predicted octanol–water partition coefficient (Wildman–Crippen LogP) is 3.21. The van der Waals surface area contributed by atoms with Crippen molar-refractivity contribution in [3.8, 4) is 0 Å². The van der Waals surface area contributed by atoms with Crippen molar-refractivity contribution >= 4 is 17.6 Å². The fourth-order valence-corrected chi connectivity index (χ4v) is 1.65. The Labute approximate surface area is 99.0 Å². The van der Waals surface area contributed by atoms with E-state index in [1.54, 1.807) is 18.2 Å². The molecule has 2 rings (SSSR count). The molecule has 0 fully saturated rings. The first-order valence-electron chi connectivity index (χ1n) is 5.23. The lowest BCUT2D eigenvalue weighted by Gasteiger charge is -2.05. The molecule has 0 amide bonds. The van der Waals surface area contributed by atoms with Gasteiger partial charge in [0.25, 0.3) is 0 Å². The summed E-state index contributed by atoms with van der Waals surface area (Å²) in [5.41, 5.74) is 1.86. The monoisotopic (exact) mass is 228 g/mol. The van der Waals surface area contributed by atoms with Crippen molar-refractivity contribution in [1.82, 2.24) is 0 Å². The van der Waals surface area contributed by atoms with Gasteiger partial charge < -0.3 is 9.52 Å². The largest absolute Gasteiger partial charge is 0.478 e. The first-order valence-corrected chi connectivity index (χ1v) is 5.23. The summed E-state index contributed by atoms with van der Waals surface area (Å²) >= 11 is 0. The van der Waals surface area contributed by atoms with Crippen molar-refractivity contribution < 1.29 is 14.3 Å². The van der Waals surface area contributed by atoms with Crippen molar-refractivity contribution in [2.75, 3.05) is 0 Å². The topological polar surface area (TPSA) is 50.4 Å². The molecule has 0 aliphatic rings. The van der Waals surface area contributed by atoms with Crippen LogP contribution >= 0.6 is 0 Å². The molecule has 1 heterocycles. The maximum absolute atomic E-state index is 11.3. The van der Waals surface area contributed by atoms with E-state index in [-0.39, 0.29) is 5.57 Å². The molecule has 0 unspecified atom stereocenters. The quantitative estimate of drug-likeness (QED) is 0.820. The van der Waals surface area contributed by atoms with E-state index in [4.69, 9.17) is 4.42 Å². The average molecular weight is 228 g/mol. The Balaban J connectivity index is 2.51. The number of aliphatic carboxylic acids is 1. The lowest BCUT2D eigenvalue weighted by molar-refractivity contribution is -0.130. The van der Waals surface area contributed by atoms with Gasteiger partial charge in [-0.3, -0.25) is 0 Å². The van der Waals surface area contributed by atoms with Gasteiger partial charge in [0, 0.05) is 0 Å². The zero-order valence-corrected chi connectivity index (χ0v) is 9.38. The molecule has 1 aromatic carbocycles. The molecule has 2 aromatic rings. The molecule has 0 saturated carbocycles. The van der Waals surface area contributed by atoms with Crippen LogP contribution in [-0.2, 0) is 4.79 Å². The number of carbonyl (C=O) groups is 1. The van der Waals surface area contributed by atoms with E-state index in [0.29, 0.717) is 11.3 Å². The lowest BCUT2D eigenvalue weighted by Crippen LogP contribution is -2.01. The SMILES string of the molecule is Cc1ccccc1/C(=C\c1ccco1)C(=O)O. The van der Waals surface area contributed by atoms with Crippen LogP contribution in [0.1, 0.15) is 16.9 Å². The fourth-order valence-electron chi connectivity index (χ4n) is 1.65. The fraction of sp³-hybridized carbons (Fsp3) is 0.0714. The van der Waals surface area contributed by atoms with Crippen LogP contribution in [0.4, 0.5) is 0 Å². The summed E-state index contributed by atoms with van der Waals surface area (Å²) in [6.45, 7) is 1.88. The Morgan fingerprint density at radius 2 is 2.00 bits per heavy atom. The molecule has 3 nitrogen and oxygen atoms in total.